The molecule has 1 unspecified atom stereocenters. The van der Waals surface area contributed by atoms with E-state index in [1.807, 2.05) is 0 Å². The zero-order chi connectivity index (χ0) is 13.0. The number of nitrogens with one attached hydrogen (secondary N) is 1. The van der Waals surface area contributed by atoms with E-state index >= 15 is 0 Å². The van der Waals surface area contributed by atoms with Crippen LogP contribution >= 0.6 is 0 Å². The molecule has 1 aromatic carbocycles. The summed E-state index contributed by atoms with van der Waals surface area (Å²) >= 11 is 0. The number of halogens is 2. The highest BCUT2D eigenvalue weighted by atomic mass is 19.1. The van der Waals surface area contributed by atoms with Gasteiger partial charge >= 0.3 is 5.97 Å². The van der Waals surface area contributed by atoms with Crippen molar-refractivity contribution < 1.29 is 18.3 Å². The van der Waals surface area contributed by atoms with Crippen LogP contribution in [0.3, 0.4) is 0 Å². The summed E-state index contributed by atoms with van der Waals surface area (Å²) < 4.78 is 31.1. The standard InChI is InChI=1S/C11H14F2N2O2/c1-6(5-14)15-10-3-7(11(16)17-2)8(12)4-9(10)13/h3-4,6,15H,5,14H2,1-2H3. The fourth-order valence-electron chi connectivity index (χ4n) is 1.25. The maximum absolute atomic E-state index is 13.4. The lowest BCUT2D eigenvalue weighted by molar-refractivity contribution is 0.0595. The van der Waals surface area contributed by atoms with E-state index in [0.29, 0.717) is 6.07 Å². The Kier molecular flexibility index (Phi) is 4.39. The van der Waals surface area contributed by atoms with Crippen molar-refractivity contribution in [2.24, 2.45) is 5.73 Å². The first-order valence-electron chi connectivity index (χ1n) is 5.03. The van der Waals surface area contributed by atoms with Crippen molar-refractivity contribution in [3.05, 3.63) is 29.3 Å². The molecule has 0 saturated carbocycles. The summed E-state index contributed by atoms with van der Waals surface area (Å²) in [5.41, 5.74) is 5.07. The van der Waals surface area contributed by atoms with Crippen LogP contribution in [-0.4, -0.2) is 25.7 Å². The van der Waals surface area contributed by atoms with Gasteiger partial charge in [-0.3, -0.25) is 0 Å². The molecular formula is C11H14F2N2O2. The van der Waals surface area contributed by atoms with E-state index in [1.54, 1.807) is 6.92 Å². The third-order valence-corrected chi connectivity index (χ3v) is 2.22. The predicted octanol–water partition coefficient (Wildman–Crippen LogP) is 1.51. The molecule has 17 heavy (non-hydrogen) atoms. The van der Waals surface area contributed by atoms with Gasteiger partial charge in [-0.1, -0.05) is 0 Å². The fourth-order valence-corrected chi connectivity index (χ4v) is 1.25. The van der Waals surface area contributed by atoms with Crippen LogP contribution in [0.5, 0.6) is 0 Å². The average molecular weight is 244 g/mol. The van der Waals surface area contributed by atoms with Crippen LogP contribution in [0.1, 0.15) is 17.3 Å². The molecule has 0 spiro atoms. The van der Waals surface area contributed by atoms with Crippen molar-refractivity contribution in [2.45, 2.75) is 13.0 Å². The van der Waals surface area contributed by atoms with E-state index < -0.39 is 17.6 Å². The van der Waals surface area contributed by atoms with Gasteiger partial charge in [0.1, 0.15) is 11.6 Å². The van der Waals surface area contributed by atoms with Crippen molar-refractivity contribution >= 4 is 11.7 Å². The maximum Gasteiger partial charge on any atom is 0.340 e. The maximum atomic E-state index is 13.4. The third-order valence-electron chi connectivity index (χ3n) is 2.22. The third kappa shape index (κ3) is 3.13. The number of hydrogen-bond donors (Lipinski definition) is 2. The van der Waals surface area contributed by atoms with Gasteiger partial charge in [-0.2, -0.15) is 0 Å². The van der Waals surface area contributed by atoms with Crippen molar-refractivity contribution in [3.8, 4) is 0 Å². The molecule has 0 aliphatic carbocycles. The van der Waals surface area contributed by atoms with Crippen LogP contribution in [0, 0.1) is 11.6 Å². The van der Waals surface area contributed by atoms with Gasteiger partial charge in [-0.15, -0.1) is 0 Å². The van der Waals surface area contributed by atoms with E-state index in [0.717, 1.165) is 13.2 Å². The molecule has 0 aliphatic rings. The van der Waals surface area contributed by atoms with Crippen molar-refractivity contribution in [2.75, 3.05) is 19.0 Å². The van der Waals surface area contributed by atoms with Gasteiger partial charge in [0, 0.05) is 18.7 Å². The van der Waals surface area contributed by atoms with Gasteiger partial charge in [0.2, 0.25) is 0 Å². The second kappa shape index (κ2) is 5.58. The summed E-state index contributed by atoms with van der Waals surface area (Å²) in [4.78, 5) is 11.2. The Bertz CT molecular complexity index is 424. The molecule has 0 bridgehead atoms. The Balaban J connectivity index is 3.10. The number of rotatable bonds is 4. The first-order valence-corrected chi connectivity index (χ1v) is 5.03. The number of anilines is 1. The smallest absolute Gasteiger partial charge is 0.340 e. The molecule has 3 N–H and O–H groups in total. The van der Waals surface area contributed by atoms with E-state index in [9.17, 15) is 13.6 Å². The first-order chi connectivity index (χ1) is 7.99. The van der Waals surface area contributed by atoms with Crippen LogP contribution in [-0.2, 0) is 4.74 Å². The van der Waals surface area contributed by atoms with Crippen molar-refractivity contribution in [1.82, 2.24) is 0 Å². The number of carbonyl (C=O) groups excluding carboxylic acids is 1. The predicted molar refractivity (Wildman–Crippen MR) is 59.8 cm³/mol. The summed E-state index contributed by atoms with van der Waals surface area (Å²) in [5, 5.41) is 2.73. The quantitative estimate of drug-likeness (QED) is 0.788. The molecule has 0 saturated heterocycles. The minimum absolute atomic E-state index is 0.0183. The molecule has 1 atom stereocenters. The lowest BCUT2D eigenvalue weighted by Gasteiger charge is -2.14. The summed E-state index contributed by atoms with van der Waals surface area (Å²) in [6.07, 6.45) is 0. The monoisotopic (exact) mass is 244 g/mol. The highest BCUT2D eigenvalue weighted by molar-refractivity contribution is 5.90. The van der Waals surface area contributed by atoms with E-state index in [-0.39, 0.29) is 23.8 Å². The molecule has 0 aromatic heterocycles. The van der Waals surface area contributed by atoms with Crippen LogP contribution < -0.4 is 11.1 Å². The SMILES string of the molecule is COC(=O)c1cc(NC(C)CN)c(F)cc1F. The zero-order valence-corrected chi connectivity index (χ0v) is 9.59. The van der Waals surface area contributed by atoms with Gasteiger partial charge in [0.25, 0.3) is 0 Å². The minimum Gasteiger partial charge on any atom is -0.465 e. The van der Waals surface area contributed by atoms with Crippen LogP contribution in [0.25, 0.3) is 0 Å². The summed E-state index contributed by atoms with van der Waals surface area (Å²) in [6, 6.07) is 1.51. The largest absolute Gasteiger partial charge is 0.465 e. The zero-order valence-electron chi connectivity index (χ0n) is 9.59. The van der Waals surface area contributed by atoms with Crippen LogP contribution in [0.4, 0.5) is 14.5 Å². The van der Waals surface area contributed by atoms with Crippen molar-refractivity contribution in [1.29, 1.82) is 0 Å². The van der Waals surface area contributed by atoms with Crippen LogP contribution in [0.2, 0.25) is 0 Å². The second-order valence-electron chi connectivity index (χ2n) is 3.58. The fraction of sp³-hybridized carbons (Fsp3) is 0.364. The van der Waals surface area contributed by atoms with Gasteiger partial charge in [0.15, 0.2) is 0 Å². The number of esters is 1. The second-order valence-corrected chi connectivity index (χ2v) is 3.58. The number of benzene rings is 1. The Morgan fingerprint density at radius 1 is 1.47 bits per heavy atom. The highest BCUT2D eigenvalue weighted by Gasteiger charge is 2.17. The Labute approximate surface area is 97.8 Å². The molecule has 0 fully saturated rings. The Morgan fingerprint density at radius 3 is 2.65 bits per heavy atom. The topological polar surface area (TPSA) is 64.3 Å². The molecule has 4 nitrogen and oxygen atoms in total. The number of nitrogens with two attached hydrogens (primary N) is 1. The molecule has 6 heteroatoms. The normalized spacial score (nSPS) is 12.1. The lowest BCUT2D eigenvalue weighted by atomic mass is 10.1. The number of hydrogen-bond acceptors (Lipinski definition) is 4. The van der Waals surface area contributed by atoms with E-state index in [1.165, 1.54) is 0 Å². The van der Waals surface area contributed by atoms with E-state index in [2.05, 4.69) is 10.1 Å². The van der Waals surface area contributed by atoms with Gasteiger partial charge in [-0.25, -0.2) is 13.6 Å². The molecule has 94 valence electrons. The van der Waals surface area contributed by atoms with Gasteiger partial charge < -0.3 is 15.8 Å². The summed E-state index contributed by atoms with van der Waals surface area (Å²) in [6.45, 7) is 2.02. The number of carbonyl (C=O) groups is 1. The number of methoxy groups -OCH3 is 1. The Morgan fingerprint density at radius 2 is 2.12 bits per heavy atom. The highest BCUT2D eigenvalue weighted by Crippen LogP contribution is 2.20. The average Bonchev–Trinajstić information content (AvgIpc) is 2.31. The van der Waals surface area contributed by atoms with Crippen LogP contribution in [0.15, 0.2) is 12.1 Å². The summed E-state index contributed by atoms with van der Waals surface area (Å²) in [5.74, 6) is -2.60. The van der Waals surface area contributed by atoms with Crippen molar-refractivity contribution in [3.63, 3.8) is 0 Å². The number of ether oxygens (including phenoxy) is 1. The molecule has 0 radical (unpaired) electrons. The van der Waals surface area contributed by atoms with Gasteiger partial charge in [-0.05, 0) is 13.0 Å². The Hall–Kier alpha value is -1.69. The van der Waals surface area contributed by atoms with E-state index in [4.69, 9.17) is 5.73 Å². The molecular weight excluding hydrogens is 230 g/mol. The minimum atomic E-state index is -0.958. The molecule has 0 amide bonds. The lowest BCUT2D eigenvalue weighted by Crippen LogP contribution is -2.26. The molecule has 0 aliphatic heterocycles. The summed E-state index contributed by atoms with van der Waals surface area (Å²) in [7, 11) is 1.13. The van der Waals surface area contributed by atoms with Gasteiger partial charge in [0.05, 0.1) is 18.4 Å². The molecule has 1 rings (SSSR count). The first kappa shape index (κ1) is 13.4. The molecule has 1 aromatic rings. The molecule has 0 heterocycles.